The van der Waals surface area contributed by atoms with Gasteiger partial charge in [0.2, 0.25) is 0 Å². The molecule has 0 aliphatic heterocycles. The van der Waals surface area contributed by atoms with Gasteiger partial charge in [0, 0.05) is 92.2 Å². The molecule has 0 bridgehead atoms. The van der Waals surface area contributed by atoms with Crippen LogP contribution in [-0.2, 0) is 0 Å². The molecule has 618 valence electrons. The lowest BCUT2D eigenvalue weighted by molar-refractivity contribution is 1.07. The molecule has 0 atom stereocenters. The number of rotatable bonds is 15. The second-order valence-electron chi connectivity index (χ2n) is 32.3. The highest BCUT2D eigenvalue weighted by atomic mass is 15.1. The topological polar surface area (TPSA) is 155 Å². The van der Waals surface area contributed by atoms with E-state index in [0.29, 0.717) is 52.4 Å². The van der Waals surface area contributed by atoms with Crippen molar-refractivity contribution in [1.82, 2.24) is 59.8 Å². The highest BCUT2D eigenvalue weighted by Crippen LogP contribution is 2.44. The van der Waals surface area contributed by atoms with Crippen LogP contribution in [0.15, 0.2) is 474 Å². The molecule has 0 saturated heterocycles. The largest absolute Gasteiger partial charge is 0.265 e. The van der Waals surface area contributed by atoms with E-state index in [-0.39, 0.29) is 0 Å². The van der Waals surface area contributed by atoms with E-state index >= 15 is 0 Å². The third-order valence-corrected chi connectivity index (χ3v) is 23.9. The fourth-order valence-electron chi connectivity index (χ4n) is 17.5. The van der Waals surface area contributed by atoms with Crippen LogP contribution in [-0.4, -0.2) is 59.8 Å². The first-order valence-electron chi connectivity index (χ1n) is 43.9. The minimum atomic E-state index is 0.613. The number of fused-ring (bicyclic) bond motifs is 9. The monoisotopic (exact) mass is 1690 g/mol. The average Bonchev–Trinajstić information content (AvgIpc) is 0.764. The summed E-state index contributed by atoms with van der Waals surface area (Å²) < 4.78 is 0. The van der Waals surface area contributed by atoms with Gasteiger partial charge in [-0.15, -0.1) is 0 Å². The van der Waals surface area contributed by atoms with Crippen LogP contribution in [0.1, 0.15) is 0 Å². The molecule has 18 aromatic carbocycles. The number of nitrogens with zero attached hydrogens (tertiary/aromatic N) is 12. The second-order valence-corrected chi connectivity index (χ2v) is 32.3. The van der Waals surface area contributed by atoms with Crippen molar-refractivity contribution in [1.29, 1.82) is 0 Å². The van der Waals surface area contributed by atoms with Gasteiger partial charge in [-0.1, -0.05) is 340 Å². The highest BCUT2D eigenvalue weighted by molar-refractivity contribution is 6.17. The van der Waals surface area contributed by atoms with Gasteiger partial charge in [0.05, 0.1) is 5.69 Å². The minimum absolute atomic E-state index is 0.613. The van der Waals surface area contributed by atoms with E-state index in [9.17, 15) is 0 Å². The number of aromatic nitrogens is 12. The molecule has 6 aromatic heterocycles. The Morgan fingerprint density at radius 3 is 0.689 bits per heavy atom. The van der Waals surface area contributed by atoms with Gasteiger partial charge < -0.3 is 0 Å². The molecule has 24 rings (SSSR count). The molecule has 0 fully saturated rings. The zero-order valence-electron chi connectivity index (χ0n) is 71.4. The summed E-state index contributed by atoms with van der Waals surface area (Å²) in [5, 5.41) is 14.6. The molecular formula is C120H78N12. The molecule has 12 heteroatoms. The number of hydrogen-bond acceptors (Lipinski definition) is 12. The van der Waals surface area contributed by atoms with Crippen LogP contribution in [0.2, 0.25) is 0 Å². The molecule has 0 unspecified atom stereocenters. The predicted molar refractivity (Wildman–Crippen MR) is 539 cm³/mol. The zero-order valence-corrected chi connectivity index (χ0v) is 71.4. The van der Waals surface area contributed by atoms with Crippen LogP contribution >= 0.6 is 0 Å². The van der Waals surface area contributed by atoms with E-state index in [1.807, 2.05) is 243 Å². The van der Waals surface area contributed by atoms with Gasteiger partial charge in [-0.25, -0.2) is 44.9 Å². The normalized spacial score (nSPS) is 11.2. The second kappa shape index (κ2) is 36.2. The molecule has 0 N–H and O–H groups in total. The van der Waals surface area contributed by atoms with E-state index in [1.165, 1.54) is 64.6 Å². The summed E-state index contributed by atoms with van der Waals surface area (Å²) in [6.45, 7) is 0. The molecule has 0 aliphatic carbocycles. The summed E-state index contributed by atoms with van der Waals surface area (Å²) in [6, 6.07) is 153. The maximum absolute atomic E-state index is 5.05. The Kier molecular flexibility index (Phi) is 21.9. The van der Waals surface area contributed by atoms with E-state index in [4.69, 9.17) is 49.8 Å². The molecule has 6 heterocycles. The van der Waals surface area contributed by atoms with E-state index in [1.54, 1.807) is 6.20 Å². The quantitative estimate of drug-likeness (QED) is 0.0897. The molecule has 132 heavy (non-hydrogen) atoms. The van der Waals surface area contributed by atoms with Gasteiger partial charge in [0.25, 0.3) is 0 Å². The van der Waals surface area contributed by atoms with E-state index in [0.717, 1.165) is 117 Å². The Bertz CT molecular complexity index is 7400. The highest BCUT2D eigenvalue weighted by Gasteiger charge is 2.23. The average molecular weight is 1690 g/mol. The van der Waals surface area contributed by atoms with Crippen molar-refractivity contribution < 1.29 is 0 Å². The number of benzene rings is 18. The van der Waals surface area contributed by atoms with Crippen LogP contribution in [0.4, 0.5) is 0 Å². The Morgan fingerprint density at radius 1 is 0.129 bits per heavy atom. The zero-order chi connectivity index (χ0) is 87.9. The summed E-state index contributed by atoms with van der Waals surface area (Å²) in [5.74, 6) is 5.68. The van der Waals surface area contributed by atoms with E-state index in [2.05, 4.69) is 234 Å². The summed E-state index contributed by atoms with van der Waals surface area (Å²) in [7, 11) is 0. The Hall–Kier alpha value is -18.0. The Morgan fingerprint density at radius 2 is 0.379 bits per heavy atom. The molecule has 0 saturated carbocycles. The maximum atomic E-state index is 5.05. The molecule has 0 aliphatic rings. The lowest BCUT2D eigenvalue weighted by atomic mass is 9.90. The first kappa shape index (κ1) is 79.9. The van der Waals surface area contributed by atoms with Crippen LogP contribution in [0.3, 0.4) is 0 Å². The van der Waals surface area contributed by atoms with E-state index < -0.39 is 0 Å². The molecule has 0 spiro atoms. The molecular weight excluding hydrogens is 1610 g/mol. The summed E-state index contributed by atoms with van der Waals surface area (Å²) in [5.41, 5.74) is 21.2. The first-order valence-corrected chi connectivity index (χ1v) is 43.9. The summed E-state index contributed by atoms with van der Waals surface area (Å²) >= 11 is 0. The first-order chi connectivity index (χ1) is 65.4. The van der Waals surface area contributed by atoms with Crippen LogP contribution in [0.25, 0.3) is 234 Å². The maximum Gasteiger partial charge on any atom is 0.164 e. The van der Waals surface area contributed by atoms with Gasteiger partial charge in [0.15, 0.2) is 52.4 Å². The van der Waals surface area contributed by atoms with Crippen LogP contribution < -0.4 is 0 Å². The van der Waals surface area contributed by atoms with Crippen LogP contribution in [0.5, 0.6) is 0 Å². The summed E-state index contributed by atoms with van der Waals surface area (Å²) in [4.78, 5) is 58.4. The van der Waals surface area contributed by atoms with Crippen molar-refractivity contribution in [3.05, 3.63) is 474 Å². The van der Waals surface area contributed by atoms with Crippen LogP contribution in [0, 0.1) is 0 Å². The van der Waals surface area contributed by atoms with Gasteiger partial charge in [-0.05, 0) is 218 Å². The fraction of sp³-hybridized carbons (Fsp3) is 0. The molecule has 0 amide bonds. The van der Waals surface area contributed by atoms with Crippen molar-refractivity contribution in [2.45, 2.75) is 0 Å². The Labute approximate surface area is 762 Å². The number of pyridine rings is 3. The predicted octanol–water partition coefficient (Wildman–Crippen LogP) is 29.7. The lowest BCUT2D eigenvalue weighted by Crippen LogP contribution is -2.00. The van der Waals surface area contributed by atoms with Gasteiger partial charge in [-0.2, -0.15) is 0 Å². The molecule has 0 radical (unpaired) electrons. The van der Waals surface area contributed by atoms with Crippen molar-refractivity contribution in [3.63, 3.8) is 0 Å². The molecule has 12 nitrogen and oxygen atoms in total. The van der Waals surface area contributed by atoms with Crippen molar-refractivity contribution in [2.75, 3.05) is 0 Å². The lowest BCUT2D eigenvalue weighted by Gasteiger charge is -2.15. The third kappa shape index (κ3) is 16.6. The van der Waals surface area contributed by atoms with Crippen molar-refractivity contribution in [2.24, 2.45) is 0 Å². The van der Waals surface area contributed by atoms with Crippen molar-refractivity contribution in [3.8, 4) is 169 Å². The number of hydrogen-bond donors (Lipinski definition) is 0. The smallest absolute Gasteiger partial charge is 0.164 e. The molecule has 24 aromatic rings. The summed E-state index contributed by atoms with van der Waals surface area (Å²) in [6.07, 6.45) is 9.19. The van der Waals surface area contributed by atoms with Gasteiger partial charge in [0.1, 0.15) is 0 Å². The van der Waals surface area contributed by atoms with Gasteiger partial charge in [-0.3, -0.25) is 15.0 Å². The van der Waals surface area contributed by atoms with Gasteiger partial charge >= 0.3 is 0 Å². The van der Waals surface area contributed by atoms with Crippen molar-refractivity contribution >= 4 is 64.6 Å². The third-order valence-electron chi connectivity index (χ3n) is 23.9. The fourth-order valence-corrected chi connectivity index (χ4v) is 17.5. The standard InChI is InChI=1S/3C40H26N4/c1-3-13-27(14-4-1)38-42-39(28-15-5-2-6-16-28)44-40(43-38)32-24-30(23-31(25-32)37-21-11-12-22-41-37)36-26-29-17-7-8-18-33(29)34-19-9-10-20-35(34)36;1-3-12-27(13-4-1)38-42-39(28-14-5-2-6-15-28)44-40(43-38)33-23-31(30-17-11-21-41-26-30)22-32(24-33)37-25-29-16-7-8-18-34(29)35-19-9-10-20-36(35)37;1-3-11-28(12-4-1)38-42-39(29-13-5-2-6-14-29)44-40(43-38)33-24-31(27-19-21-41-22-20-27)23-32(25-33)37-26-30-15-7-8-16-34(30)35-17-9-10-18-36(35)37/h3*1-26H. The Balaban J connectivity index is 0.000000116. The minimum Gasteiger partial charge on any atom is -0.265 e. The SMILES string of the molecule is c1ccc(-c2nc(-c3ccccc3)nc(-c3cc(-c4ccccn4)cc(-c4cc5ccccc5c5ccccc45)c3)n2)cc1.c1ccc(-c2nc(-c3ccccc3)nc(-c3cc(-c4cccnc4)cc(-c4cc5ccccc5c5ccccc45)c3)n2)cc1.c1ccc(-c2nc(-c3ccccc3)nc(-c3cc(-c4ccncc4)cc(-c4cc5ccccc5c5ccccc45)c3)n2)cc1.